The van der Waals surface area contributed by atoms with Crippen molar-refractivity contribution >= 4 is 26.5 Å². The van der Waals surface area contributed by atoms with Crippen molar-refractivity contribution in [1.29, 1.82) is 0 Å². The van der Waals surface area contributed by atoms with E-state index in [0.29, 0.717) is 25.1 Å². The summed E-state index contributed by atoms with van der Waals surface area (Å²) in [5.41, 5.74) is 17.4. The molecule has 33 heavy (non-hydrogen) atoms. The lowest BCUT2D eigenvalue weighted by molar-refractivity contribution is 0.313. The van der Waals surface area contributed by atoms with Crippen LogP contribution in [-0.2, 0) is 23.0 Å². The first kappa shape index (κ1) is 24.6. The maximum atomic E-state index is 13.4. The van der Waals surface area contributed by atoms with E-state index in [4.69, 9.17) is 17.2 Å². The van der Waals surface area contributed by atoms with Crippen LogP contribution >= 0.6 is 0 Å². The van der Waals surface area contributed by atoms with E-state index in [-0.39, 0.29) is 35.2 Å². The van der Waals surface area contributed by atoms with E-state index in [9.17, 15) is 18.0 Å². The van der Waals surface area contributed by atoms with Gasteiger partial charge in [-0.3, -0.25) is 9.59 Å². The van der Waals surface area contributed by atoms with Crippen molar-refractivity contribution in [3.05, 3.63) is 68.7 Å². The number of nitrogens with one attached hydrogen (secondary N) is 1. The van der Waals surface area contributed by atoms with Crippen molar-refractivity contribution in [2.75, 3.05) is 18.8 Å². The average molecular weight is 475 g/mol. The molecule has 11 heteroatoms. The molecule has 0 bridgehead atoms. The van der Waals surface area contributed by atoms with Gasteiger partial charge in [-0.1, -0.05) is 12.1 Å². The predicted molar refractivity (Wildman–Crippen MR) is 129 cm³/mol. The minimum atomic E-state index is -4.01. The molecular formula is C22H30N6O4S. The Morgan fingerprint density at radius 3 is 2.27 bits per heavy atom. The van der Waals surface area contributed by atoms with Gasteiger partial charge < -0.3 is 17.2 Å². The summed E-state index contributed by atoms with van der Waals surface area (Å²) in [5.74, 6) is 0. The van der Waals surface area contributed by atoms with Crippen molar-refractivity contribution in [2.45, 2.75) is 43.8 Å². The Kier molecular flexibility index (Phi) is 7.69. The molecule has 0 radical (unpaired) electrons. The van der Waals surface area contributed by atoms with Crippen LogP contribution in [0.4, 0.5) is 5.69 Å². The third-order valence-corrected chi connectivity index (χ3v) is 6.92. The van der Waals surface area contributed by atoms with Crippen LogP contribution in [-0.4, -0.2) is 30.9 Å². The summed E-state index contributed by atoms with van der Waals surface area (Å²) in [7, 11) is -4.01. The summed E-state index contributed by atoms with van der Waals surface area (Å²) in [6.45, 7) is 2.63. The van der Waals surface area contributed by atoms with Gasteiger partial charge in [0.15, 0.2) is 0 Å². The molecule has 0 aliphatic heterocycles. The monoisotopic (exact) mass is 474 g/mol. The molecule has 178 valence electrons. The molecule has 3 aromatic rings. The second kappa shape index (κ2) is 10.3. The van der Waals surface area contributed by atoms with E-state index < -0.39 is 27.3 Å². The lowest BCUT2D eigenvalue weighted by Gasteiger charge is -2.25. The summed E-state index contributed by atoms with van der Waals surface area (Å²) < 4.78 is 31.4. The van der Waals surface area contributed by atoms with Gasteiger partial charge in [0.1, 0.15) is 6.17 Å². The second-order valence-corrected chi connectivity index (χ2v) is 9.44. The molecule has 2 aromatic carbocycles. The van der Waals surface area contributed by atoms with Crippen LogP contribution in [0.15, 0.2) is 56.9 Å². The zero-order valence-electron chi connectivity index (χ0n) is 18.5. The standard InChI is InChI=1S/C22H30N6O4S/c1-2-27-21(29)18-10-7-16(25)14-19(18)22(30)28(27)20(4-3-12-23)26-33(31,32)17-8-5-15(6-9-17)11-13-24/h5-10,14,20,26H,2-4,11-13,23-25H2,1H3. The normalized spacial score (nSPS) is 12.8. The average Bonchev–Trinajstić information content (AvgIpc) is 2.79. The van der Waals surface area contributed by atoms with E-state index in [1.165, 1.54) is 33.6 Å². The number of sulfonamides is 1. The highest BCUT2D eigenvalue weighted by molar-refractivity contribution is 7.89. The number of nitrogens with two attached hydrogens (primary N) is 3. The zero-order chi connectivity index (χ0) is 24.2. The van der Waals surface area contributed by atoms with Crippen LogP contribution in [0.3, 0.4) is 0 Å². The Labute approximate surface area is 192 Å². The highest BCUT2D eigenvalue weighted by Gasteiger charge is 2.25. The molecule has 0 spiro atoms. The number of nitrogen functional groups attached to an aromatic ring is 1. The molecule has 1 atom stereocenters. The number of anilines is 1. The van der Waals surface area contributed by atoms with Gasteiger partial charge >= 0.3 is 0 Å². The molecular weight excluding hydrogens is 444 g/mol. The molecule has 3 rings (SSSR count). The van der Waals surface area contributed by atoms with Crippen LogP contribution in [0.5, 0.6) is 0 Å². The van der Waals surface area contributed by atoms with Gasteiger partial charge in [-0.15, -0.1) is 0 Å². The van der Waals surface area contributed by atoms with Crippen molar-refractivity contribution < 1.29 is 8.42 Å². The zero-order valence-corrected chi connectivity index (χ0v) is 19.3. The van der Waals surface area contributed by atoms with E-state index in [0.717, 1.165) is 5.56 Å². The van der Waals surface area contributed by atoms with Gasteiger partial charge in [-0.2, -0.15) is 4.72 Å². The van der Waals surface area contributed by atoms with Crippen LogP contribution < -0.4 is 33.0 Å². The summed E-state index contributed by atoms with van der Waals surface area (Å²) in [6, 6.07) is 10.9. The van der Waals surface area contributed by atoms with E-state index >= 15 is 0 Å². The first-order valence-electron chi connectivity index (χ1n) is 10.8. The third-order valence-electron chi connectivity index (χ3n) is 5.44. The third kappa shape index (κ3) is 5.17. The molecule has 0 amide bonds. The maximum Gasteiger partial charge on any atom is 0.274 e. The fourth-order valence-electron chi connectivity index (χ4n) is 3.79. The maximum absolute atomic E-state index is 13.4. The number of hydrogen-bond acceptors (Lipinski definition) is 7. The highest BCUT2D eigenvalue weighted by Crippen LogP contribution is 2.18. The summed E-state index contributed by atoms with van der Waals surface area (Å²) in [6.07, 6.45) is 0.259. The molecule has 0 saturated heterocycles. The van der Waals surface area contributed by atoms with Gasteiger partial charge in [0.25, 0.3) is 11.1 Å². The number of nitrogens with zero attached hydrogens (tertiary/aromatic N) is 2. The number of aromatic nitrogens is 2. The molecule has 10 nitrogen and oxygen atoms in total. The molecule has 1 aromatic heterocycles. The Balaban J connectivity index is 2.14. The van der Waals surface area contributed by atoms with Crippen molar-refractivity contribution in [3.63, 3.8) is 0 Å². The number of fused-ring (bicyclic) bond motifs is 1. The second-order valence-electron chi connectivity index (χ2n) is 7.73. The van der Waals surface area contributed by atoms with Crippen LogP contribution in [0.25, 0.3) is 10.8 Å². The van der Waals surface area contributed by atoms with E-state index in [1.54, 1.807) is 25.1 Å². The Morgan fingerprint density at radius 1 is 0.970 bits per heavy atom. The van der Waals surface area contributed by atoms with Crippen molar-refractivity contribution in [1.82, 2.24) is 14.1 Å². The molecule has 1 heterocycles. The summed E-state index contributed by atoms with van der Waals surface area (Å²) in [5, 5.41) is 0.357. The predicted octanol–water partition coefficient (Wildman–Crippen LogP) is 0.483. The topological polar surface area (TPSA) is 168 Å². The number of benzene rings is 2. The Bertz CT molecular complexity index is 1350. The minimum Gasteiger partial charge on any atom is -0.399 e. The minimum absolute atomic E-state index is 0.0458. The molecule has 7 N–H and O–H groups in total. The van der Waals surface area contributed by atoms with Crippen molar-refractivity contribution in [3.8, 4) is 0 Å². The van der Waals surface area contributed by atoms with Crippen molar-refractivity contribution in [2.24, 2.45) is 11.5 Å². The molecule has 0 fully saturated rings. The molecule has 0 aliphatic rings. The first-order chi connectivity index (χ1) is 15.7. The van der Waals surface area contributed by atoms with Crippen LogP contribution in [0.2, 0.25) is 0 Å². The largest absolute Gasteiger partial charge is 0.399 e. The molecule has 0 saturated carbocycles. The van der Waals surface area contributed by atoms with Gasteiger partial charge in [0, 0.05) is 12.2 Å². The van der Waals surface area contributed by atoms with E-state index in [2.05, 4.69) is 4.72 Å². The smallest absolute Gasteiger partial charge is 0.274 e. The highest BCUT2D eigenvalue weighted by atomic mass is 32.2. The van der Waals surface area contributed by atoms with Gasteiger partial charge in [-0.05, 0) is 75.2 Å². The lowest BCUT2D eigenvalue weighted by atomic mass is 10.1. The van der Waals surface area contributed by atoms with Gasteiger partial charge in [0.2, 0.25) is 10.0 Å². The Hall–Kier alpha value is -2.99. The van der Waals surface area contributed by atoms with Gasteiger partial charge in [-0.25, -0.2) is 17.8 Å². The fourth-order valence-corrected chi connectivity index (χ4v) is 5.00. The van der Waals surface area contributed by atoms with Crippen LogP contribution in [0.1, 0.15) is 31.5 Å². The van der Waals surface area contributed by atoms with Crippen LogP contribution in [0, 0.1) is 0 Å². The molecule has 1 unspecified atom stereocenters. The fraction of sp³-hybridized carbons (Fsp3) is 0.364. The summed E-state index contributed by atoms with van der Waals surface area (Å²) >= 11 is 0. The SMILES string of the molecule is CCn1c(=O)c2ccc(N)cc2c(=O)n1C(CCCN)NS(=O)(=O)c1ccc(CCN)cc1. The molecule has 0 aliphatic carbocycles. The quantitative estimate of drug-likeness (QED) is 0.310. The summed E-state index contributed by atoms with van der Waals surface area (Å²) in [4.78, 5) is 26.6. The Morgan fingerprint density at radius 2 is 1.67 bits per heavy atom. The first-order valence-corrected chi connectivity index (χ1v) is 12.3. The number of hydrogen-bond donors (Lipinski definition) is 4. The lowest BCUT2D eigenvalue weighted by Crippen LogP contribution is -2.46. The van der Waals surface area contributed by atoms with E-state index in [1.807, 2.05) is 0 Å². The number of rotatable bonds is 10. The van der Waals surface area contributed by atoms with Gasteiger partial charge in [0.05, 0.1) is 15.7 Å².